The third-order valence-corrected chi connectivity index (χ3v) is 6.38. The molecule has 1 aromatic carbocycles. The molecular formula is C18H28N2O4S. The molecule has 1 fully saturated rings. The van der Waals surface area contributed by atoms with Crippen LogP contribution in [0.5, 0.6) is 5.75 Å². The zero-order chi connectivity index (χ0) is 18.4. The molecule has 1 heterocycles. The molecule has 0 radical (unpaired) electrons. The normalized spacial score (nSPS) is 18.8. The van der Waals surface area contributed by atoms with Gasteiger partial charge in [-0.05, 0) is 50.8 Å². The Morgan fingerprint density at radius 2 is 2.12 bits per heavy atom. The van der Waals surface area contributed by atoms with Crippen LogP contribution >= 0.6 is 0 Å². The molecule has 0 aliphatic carbocycles. The van der Waals surface area contributed by atoms with Crippen molar-refractivity contribution < 1.29 is 17.9 Å². The Balaban J connectivity index is 2.29. The maximum atomic E-state index is 13.3. The second kappa shape index (κ2) is 8.67. The van der Waals surface area contributed by atoms with E-state index in [-0.39, 0.29) is 16.8 Å². The summed E-state index contributed by atoms with van der Waals surface area (Å²) in [5, 5.41) is 2.76. The zero-order valence-electron chi connectivity index (χ0n) is 15.2. The Morgan fingerprint density at radius 1 is 1.36 bits per heavy atom. The highest BCUT2D eigenvalue weighted by atomic mass is 32.2. The molecule has 0 aromatic heterocycles. The number of piperidine rings is 1. The minimum Gasteiger partial charge on any atom is -0.492 e. The highest BCUT2D eigenvalue weighted by molar-refractivity contribution is 7.89. The van der Waals surface area contributed by atoms with Gasteiger partial charge in [-0.25, -0.2) is 8.42 Å². The molecule has 1 aliphatic heterocycles. The van der Waals surface area contributed by atoms with Gasteiger partial charge in [-0.2, -0.15) is 4.31 Å². The average Bonchev–Trinajstić information content (AvgIpc) is 2.56. The first-order valence-electron chi connectivity index (χ1n) is 8.86. The number of nitrogens with zero attached hydrogens (tertiary/aromatic N) is 1. The highest BCUT2D eigenvalue weighted by Gasteiger charge is 2.35. The lowest BCUT2D eigenvalue weighted by molar-refractivity contribution is -0.119. The summed E-state index contributed by atoms with van der Waals surface area (Å²) in [6.07, 6.45) is 3.29. The largest absolute Gasteiger partial charge is 0.492 e. The zero-order valence-corrected chi connectivity index (χ0v) is 16.1. The molecule has 140 valence electrons. The minimum absolute atomic E-state index is 0.0949. The Hall–Kier alpha value is -1.60. The van der Waals surface area contributed by atoms with Gasteiger partial charge in [0.05, 0.1) is 6.61 Å². The number of nitrogens with one attached hydrogen (secondary N) is 1. The van der Waals surface area contributed by atoms with Crippen molar-refractivity contribution in [2.45, 2.75) is 57.4 Å². The van der Waals surface area contributed by atoms with Crippen molar-refractivity contribution in [3.63, 3.8) is 0 Å². The van der Waals surface area contributed by atoms with Gasteiger partial charge in [-0.3, -0.25) is 4.79 Å². The molecule has 1 aliphatic rings. The SMILES string of the molecule is CCOc1ccc(C)cc1S(=O)(=O)N1CCCC[C@@H]1CCNC(C)=O. The molecule has 1 aromatic rings. The number of ether oxygens (including phenoxy) is 1. The number of hydrogen-bond donors (Lipinski definition) is 1. The standard InChI is InChI=1S/C18H28N2O4S/c1-4-24-17-9-8-14(2)13-18(17)25(22,23)20-12-6-5-7-16(20)10-11-19-15(3)21/h8-9,13,16H,4-7,10-12H2,1-3H3,(H,19,21)/t16-/m1/s1. The summed E-state index contributed by atoms with van der Waals surface area (Å²) in [7, 11) is -3.64. The lowest BCUT2D eigenvalue weighted by Crippen LogP contribution is -2.45. The molecule has 0 unspecified atom stereocenters. The monoisotopic (exact) mass is 368 g/mol. The van der Waals surface area contributed by atoms with Crippen LogP contribution in [0.4, 0.5) is 0 Å². The Morgan fingerprint density at radius 3 is 2.80 bits per heavy atom. The van der Waals surface area contributed by atoms with Gasteiger partial charge in [0, 0.05) is 26.1 Å². The van der Waals surface area contributed by atoms with E-state index in [1.165, 1.54) is 6.92 Å². The van der Waals surface area contributed by atoms with Gasteiger partial charge < -0.3 is 10.1 Å². The minimum atomic E-state index is -3.64. The third-order valence-electron chi connectivity index (χ3n) is 4.41. The first-order valence-corrected chi connectivity index (χ1v) is 10.3. The number of sulfonamides is 1. The van der Waals surface area contributed by atoms with E-state index in [9.17, 15) is 13.2 Å². The van der Waals surface area contributed by atoms with Crippen molar-refractivity contribution in [2.24, 2.45) is 0 Å². The van der Waals surface area contributed by atoms with Crippen molar-refractivity contribution in [3.8, 4) is 5.75 Å². The summed E-state index contributed by atoms with van der Waals surface area (Å²) in [6, 6.07) is 5.16. The van der Waals surface area contributed by atoms with Crippen LogP contribution in [-0.4, -0.2) is 44.4 Å². The van der Waals surface area contributed by atoms with E-state index in [4.69, 9.17) is 4.74 Å². The number of carbonyl (C=O) groups excluding carboxylic acids is 1. The molecule has 1 amide bonds. The number of aryl methyl sites for hydroxylation is 1. The highest BCUT2D eigenvalue weighted by Crippen LogP contribution is 2.32. The van der Waals surface area contributed by atoms with Gasteiger partial charge >= 0.3 is 0 Å². The topological polar surface area (TPSA) is 75.7 Å². The van der Waals surface area contributed by atoms with Gasteiger partial charge in [0.1, 0.15) is 10.6 Å². The fourth-order valence-electron chi connectivity index (χ4n) is 3.21. The van der Waals surface area contributed by atoms with Crippen molar-refractivity contribution in [3.05, 3.63) is 23.8 Å². The number of benzene rings is 1. The van der Waals surface area contributed by atoms with E-state index in [0.717, 1.165) is 24.8 Å². The van der Waals surface area contributed by atoms with Crippen molar-refractivity contribution in [2.75, 3.05) is 19.7 Å². The molecule has 0 bridgehead atoms. The van der Waals surface area contributed by atoms with Crippen LogP contribution in [0.25, 0.3) is 0 Å². The van der Waals surface area contributed by atoms with Gasteiger partial charge in [-0.15, -0.1) is 0 Å². The molecule has 1 saturated heterocycles. The lowest BCUT2D eigenvalue weighted by Gasteiger charge is -2.35. The van der Waals surface area contributed by atoms with E-state index in [0.29, 0.717) is 31.9 Å². The molecule has 6 nitrogen and oxygen atoms in total. The summed E-state index contributed by atoms with van der Waals surface area (Å²) in [5.74, 6) is 0.307. The van der Waals surface area contributed by atoms with Crippen LogP contribution in [0.2, 0.25) is 0 Å². The molecule has 7 heteroatoms. The summed E-state index contributed by atoms with van der Waals surface area (Å²) >= 11 is 0. The molecule has 2 rings (SSSR count). The number of hydrogen-bond acceptors (Lipinski definition) is 4. The fourth-order valence-corrected chi connectivity index (χ4v) is 5.15. The molecular weight excluding hydrogens is 340 g/mol. The van der Waals surface area contributed by atoms with Crippen LogP contribution in [0.1, 0.15) is 45.1 Å². The lowest BCUT2D eigenvalue weighted by atomic mass is 10.0. The second-order valence-electron chi connectivity index (χ2n) is 6.42. The van der Waals surface area contributed by atoms with Crippen LogP contribution in [0.3, 0.4) is 0 Å². The predicted molar refractivity (Wildman–Crippen MR) is 97.2 cm³/mol. The number of rotatable bonds is 7. The van der Waals surface area contributed by atoms with Crippen LogP contribution in [0, 0.1) is 6.92 Å². The molecule has 25 heavy (non-hydrogen) atoms. The van der Waals surface area contributed by atoms with Crippen molar-refractivity contribution >= 4 is 15.9 Å². The maximum absolute atomic E-state index is 13.3. The Kier molecular flexibility index (Phi) is 6.84. The van der Waals surface area contributed by atoms with Crippen LogP contribution < -0.4 is 10.1 Å². The average molecular weight is 368 g/mol. The second-order valence-corrected chi connectivity index (χ2v) is 8.28. The predicted octanol–water partition coefficient (Wildman–Crippen LogP) is 2.46. The maximum Gasteiger partial charge on any atom is 0.247 e. The fraction of sp³-hybridized carbons (Fsp3) is 0.611. The summed E-state index contributed by atoms with van der Waals surface area (Å²) in [4.78, 5) is 11.3. The van der Waals surface area contributed by atoms with Crippen LogP contribution in [0.15, 0.2) is 23.1 Å². The molecule has 0 spiro atoms. The number of carbonyl (C=O) groups is 1. The Labute approximate surface area is 150 Å². The van der Waals surface area contributed by atoms with E-state index in [1.54, 1.807) is 16.4 Å². The molecule has 0 saturated carbocycles. The van der Waals surface area contributed by atoms with Crippen molar-refractivity contribution in [1.82, 2.24) is 9.62 Å². The van der Waals surface area contributed by atoms with Crippen LogP contribution in [-0.2, 0) is 14.8 Å². The van der Waals surface area contributed by atoms with Gasteiger partial charge in [0.2, 0.25) is 15.9 Å². The quantitative estimate of drug-likeness (QED) is 0.802. The van der Waals surface area contributed by atoms with Gasteiger partial charge in [0.25, 0.3) is 0 Å². The first-order chi connectivity index (χ1) is 11.9. The summed E-state index contributed by atoms with van der Waals surface area (Å²) in [6.45, 7) is 6.59. The van der Waals surface area contributed by atoms with E-state index >= 15 is 0 Å². The molecule has 1 atom stereocenters. The smallest absolute Gasteiger partial charge is 0.247 e. The van der Waals surface area contributed by atoms with Gasteiger partial charge in [-0.1, -0.05) is 12.5 Å². The summed E-state index contributed by atoms with van der Waals surface area (Å²) < 4.78 is 33.7. The summed E-state index contributed by atoms with van der Waals surface area (Å²) in [5.41, 5.74) is 0.883. The van der Waals surface area contributed by atoms with E-state index in [1.807, 2.05) is 19.9 Å². The number of amides is 1. The Bertz CT molecular complexity index is 703. The third kappa shape index (κ3) is 4.95. The van der Waals surface area contributed by atoms with Crippen molar-refractivity contribution in [1.29, 1.82) is 0 Å². The van der Waals surface area contributed by atoms with E-state index < -0.39 is 10.0 Å². The first kappa shape index (κ1) is 19.7. The molecule has 1 N–H and O–H groups in total. The van der Waals surface area contributed by atoms with E-state index in [2.05, 4.69) is 5.32 Å². The van der Waals surface area contributed by atoms with Gasteiger partial charge in [0.15, 0.2) is 0 Å².